The zero-order chi connectivity index (χ0) is 8.27. The Morgan fingerprint density at radius 2 is 2.55 bits per heavy atom. The maximum Gasteiger partial charge on any atom is 0.219 e. The van der Waals surface area contributed by atoms with Gasteiger partial charge in [-0.2, -0.15) is 5.10 Å². The molecule has 4 nitrogen and oxygen atoms in total. The number of hydrogen-bond donors (Lipinski definition) is 1. The van der Waals surface area contributed by atoms with Gasteiger partial charge in [-0.1, -0.05) is 0 Å². The molecule has 1 aromatic rings. The molecule has 1 rings (SSSR count). The van der Waals surface area contributed by atoms with E-state index in [1.54, 1.807) is 18.1 Å². The van der Waals surface area contributed by atoms with Gasteiger partial charge in [-0.25, -0.2) is 0 Å². The number of rotatable bonds is 2. The average Bonchev–Trinajstić information content (AvgIpc) is 2.39. The van der Waals surface area contributed by atoms with Crippen LogP contribution in [0.4, 0.5) is 0 Å². The van der Waals surface area contributed by atoms with E-state index in [1.807, 2.05) is 6.07 Å². The van der Waals surface area contributed by atoms with Gasteiger partial charge in [0.2, 0.25) is 5.91 Å². The number of aromatic nitrogens is 2. The first kappa shape index (κ1) is 7.78. The summed E-state index contributed by atoms with van der Waals surface area (Å²) in [6.07, 6.45) is 1.67. The summed E-state index contributed by atoms with van der Waals surface area (Å²) >= 11 is 0. The summed E-state index contributed by atoms with van der Waals surface area (Å²) in [4.78, 5) is 12.4. The Morgan fingerprint density at radius 3 is 3.00 bits per heavy atom. The quantitative estimate of drug-likeness (QED) is 0.668. The molecule has 0 saturated carbocycles. The first-order valence-corrected chi connectivity index (χ1v) is 3.40. The Kier molecular flexibility index (Phi) is 2.25. The van der Waals surface area contributed by atoms with E-state index < -0.39 is 0 Å². The van der Waals surface area contributed by atoms with Crippen LogP contribution in [0.1, 0.15) is 12.6 Å². The summed E-state index contributed by atoms with van der Waals surface area (Å²) in [6.45, 7) is 2.13. The van der Waals surface area contributed by atoms with E-state index in [0.717, 1.165) is 5.69 Å². The number of nitrogens with one attached hydrogen (secondary N) is 1. The molecule has 0 bridgehead atoms. The molecule has 60 valence electrons. The van der Waals surface area contributed by atoms with E-state index >= 15 is 0 Å². The Hall–Kier alpha value is -1.32. The Labute approximate surface area is 65.2 Å². The lowest BCUT2D eigenvalue weighted by molar-refractivity contribution is -0.128. The minimum atomic E-state index is 0.0552. The van der Waals surface area contributed by atoms with Gasteiger partial charge in [0, 0.05) is 20.2 Å². The molecule has 0 aliphatic carbocycles. The van der Waals surface area contributed by atoms with Gasteiger partial charge in [-0.05, 0) is 6.07 Å². The van der Waals surface area contributed by atoms with Crippen molar-refractivity contribution in [2.24, 2.45) is 0 Å². The van der Waals surface area contributed by atoms with Crippen molar-refractivity contribution in [1.29, 1.82) is 0 Å². The molecular weight excluding hydrogens is 142 g/mol. The summed E-state index contributed by atoms with van der Waals surface area (Å²) in [7, 11) is 1.75. The van der Waals surface area contributed by atoms with Crippen LogP contribution >= 0.6 is 0 Å². The van der Waals surface area contributed by atoms with E-state index in [9.17, 15) is 4.79 Å². The van der Waals surface area contributed by atoms with Crippen LogP contribution in [0.2, 0.25) is 0 Å². The fourth-order valence-corrected chi connectivity index (χ4v) is 0.740. The maximum absolute atomic E-state index is 10.8. The van der Waals surface area contributed by atoms with Gasteiger partial charge in [0.25, 0.3) is 0 Å². The highest BCUT2D eigenvalue weighted by molar-refractivity contribution is 5.72. The van der Waals surface area contributed by atoms with Crippen LogP contribution in [0.15, 0.2) is 12.3 Å². The summed E-state index contributed by atoms with van der Waals surface area (Å²) in [6, 6.07) is 1.85. The van der Waals surface area contributed by atoms with Crippen molar-refractivity contribution >= 4 is 5.91 Å². The predicted octanol–water partition coefficient (Wildman–Crippen LogP) is 0.388. The lowest BCUT2D eigenvalue weighted by atomic mass is 10.4. The number of aromatic amines is 1. The lowest BCUT2D eigenvalue weighted by Crippen LogP contribution is -2.23. The molecule has 1 heterocycles. The highest BCUT2D eigenvalue weighted by Crippen LogP contribution is 1.96. The predicted molar refractivity (Wildman–Crippen MR) is 40.7 cm³/mol. The fraction of sp³-hybridized carbons (Fsp3) is 0.429. The molecule has 0 aromatic carbocycles. The second-order valence-corrected chi connectivity index (χ2v) is 2.46. The van der Waals surface area contributed by atoms with Crippen LogP contribution in [0.25, 0.3) is 0 Å². The van der Waals surface area contributed by atoms with Crippen LogP contribution in [-0.4, -0.2) is 28.1 Å². The SMILES string of the molecule is CC(=O)N(C)Cc1ccn[nH]1. The van der Waals surface area contributed by atoms with E-state index in [-0.39, 0.29) is 5.91 Å². The molecule has 1 aromatic heterocycles. The fourth-order valence-electron chi connectivity index (χ4n) is 0.740. The van der Waals surface area contributed by atoms with Crippen LogP contribution < -0.4 is 0 Å². The minimum Gasteiger partial charge on any atom is -0.340 e. The van der Waals surface area contributed by atoms with Gasteiger partial charge in [0.15, 0.2) is 0 Å². The number of amides is 1. The van der Waals surface area contributed by atoms with E-state index in [4.69, 9.17) is 0 Å². The van der Waals surface area contributed by atoms with E-state index in [1.165, 1.54) is 6.92 Å². The molecule has 0 aliphatic heterocycles. The van der Waals surface area contributed by atoms with Crippen LogP contribution in [0.5, 0.6) is 0 Å². The van der Waals surface area contributed by atoms with E-state index in [0.29, 0.717) is 6.54 Å². The third kappa shape index (κ3) is 2.07. The van der Waals surface area contributed by atoms with Crippen molar-refractivity contribution < 1.29 is 4.79 Å². The third-order valence-corrected chi connectivity index (χ3v) is 1.50. The van der Waals surface area contributed by atoms with Crippen molar-refractivity contribution in [3.63, 3.8) is 0 Å². The highest BCUT2D eigenvalue weighted by Gasteiger charge is 2.02. The molecule has 0 aliphatic rings. The van der Waals surface area contributed by atoms with Gasteiger partial charge in [0.05, 0.1) is 12.2 Å². The molecule has 0 fully saturated rings. The summed E-state index contributed by atoms with van der Waals surface area (Å²) in [5, 5.41) is 6.55. The van der Waals surface area contributed by atoms with Gasteiger partial charge >= 0.3 is 0 Å². The molecular formula is C7H11N3O. The smallest absolute Gasteiger partial charge is 0.219 e. The zero-order valence-corrected chi connectivity index (χ0v) is 6.66. The standard InChI is InChI=1S/C7H11N3O/c1-6(11)10(2)5-7-3-4-8-9-7/h3-4H,5H2,1-2H3,(H,8,9). The zero-order valence-electron chi connectivity index (χ0n) is 6.66. The summed E-state index contributed by atoms with van der Waals surface area (Å²) in [5.74, 6) is 0.0552. The van der Waals surface area contributed by atoms with Gasteiger partial charge in [0.1, 0.15) is 0 Å². The number of nitrogens with zero attached hydrogens (tertiary/aromatic N) is 2. The molecule has 0 unspecified atom stereocenters. The van der Waals surface area contributed by atoms with Gasteiger partial charge < -0.3 is 4.90 Å². The highest BCUT2D eigenvalue weighted by atomic mass is 16.2. The molecule has 4 heteroatoms. The normalized spacial score (nSPS) is 9.64. The summed E-state index contributed by atoms with van der Waals surface area (Å²) < 4.78 is 0. The van der Waals surface area contributed by atoms with Crippen molar-refractivity contribution in [3.05, 3.63) is 18.0 Å². The van der Waals surface area contributed by atoms with Crippen LogP contribution in [0.3, 0.4) is 0 Å². The lowest BCUT2D eigenvalue weighted by Gasteiger charge is -2.12. The Morgan fingerprint density at radius 1 is 1.82 bits per heavy atom. The number of H-pyrrole nitrogens is 1. The number of hydrogen-bond acceptors (Lipinski definition) is 2. The second-order valence-electron chi connectivity index (χ2n) is 2.46. The second kappa shape index (κ2) is 3.18. The molecule has 0 radical (unpaired) electrons. The Balaban J connectivity index is 2.50. The number of carbonyl (C=O) groups is 1. The van der Waals surface area contributed by atoms with Crippen molar-refractivity contribution in [3.8, 4) is 0 Å². The van der Waals surface area contributed by atoms with Crippen LogP contribution in [-0.2, 0) is 11.3 Å². The molecule has 1 N–H and O–H groups in total. The molecule has 0 atom stereocenters. The molecule has 0 saturated heterocycles. The molecule has 11 heavy (non-hydrogen) atoms. The maximum atomic E-state index is 10.8. The average molecular weight is 153 g/mol. The van der Waals surface area contributed by atoms with Gasteiger partial charge in [-0.15, -0.1) is 0 Å². The first-order valence-electron chi connectivity index (χ1n) is 3.40. The molecule has 0 spiro atoms. The van der Waals surface area contributed by atoms with E-state index in [2.05, 4.69) is 10.2 Å². The molecule has 1 amide bonds. The van der Waals surface area contributed by atoms with Crippen molar-refractivity contribution in [2.45, 2.75) is 13.5 Å². The third-order valence-electron chi connectivity index (χ3n) is 1.50. The minimum absolute atomic E-state index is 0.0552. The topological polar surface area (TPSA) is 49.0 Å². The van der Waals surface area contributed by atoms with Crippen LogP contribution in [0, 0.1) is 0 Å². The Bertz CT molecular complexity index is 230. The number of carbonyl (C=O) groups excluding carboxylic acids is 1. The first-order chi connectivity index (χ1) is 5.20. The largest absolute Gasteiger partial charge is 0.340 e. The summed E-state index contributed by atoms with van der Waals surface area (Å²) in [5.41, 5.74) is 0.947. The van der Waals surface area contributed by atoms with Crippen molar-refractivity contribution in [1.82, 2.24) is 15.1 Å². The van der Waals surface area contributed by atoms with Gasteiger partial charge in [-0.3, -0.25) is 9.89 Å². The monoisotopic (exact) mass is 153 g/mol. The van der Waals surface area contributed by atoms with Crippen molar-refractivity contribution in [2.75, 3.05) is 7.05 Å².